The lowest BCUT2D eigenvalue weighted by molar-refractivity contribution is 0.176. The number of sulfonamides is 1. The lowest BCUT2D eigenvalue weighted by Gasteiger charge is -2.35. The van der Waals surface area contributed by atoms with Crippen molar-refractivity contribution in [2.45, 2.75) is 37.6 Å². The van der Waals surface area contributed by atoms with Gasteiger partial charge in [-0.1, -0.05) is 6.92 Å². The van der Waals surface area contributed by atoms with Crippen LogP contribution in [0.25, 0.3) is 0 Å². The SMILES string of the molecule is CCN1CCC(N(C)S(=O)(=O)c2ccc(F)cc2C)CC1. The minimum Gasteiger partial charge on any atom is -0.303 e. The van der Waals surface area contributed by atoms with Crippen LogP contribution in [0.15, 0.2) is 23.1 Å². The second-order valence-corrected chi connectivity index (χ2v) is 7.56. The third kappa shape index (κ3) is 3.44. The van der Waals surface area contributed by atoms with Crippen LogP contribution in [0.2, 0.25) is 0 Å². The first kappa shape index (κ1) is 16.4. The summed E-state index contributed by atoms with van der Waals surface area (Å²) in [6.07, 6.45) is 1.67. The molecule has 1 aromatic carbocycles. The van der Waals surface area contributed by atoms with E-state index in [0.29, 0.717) is 5.56 Å². The summed E-state index contributed by atoms with van der Waals surface area (Å²) < 4.78 is 40.0. The number of piperidine rings is 1. The van der Waals surface area contributed by atoms with Gasteiger partial charge >= 0.3 is 0 Å². The highest BCUT2D eigenvalue weighted by molar-refractivity contribution is 7.89. The zero-order valence-electron chi connectivity index (χ0n) is 12.8. The molecule has 1 aliphatic heterocycles. The molecule has 0 bridgehead atoms. The van der Waals surface area contributed by atoms with Crippen LogP contribution in [0, 0.1) is 12.7 Å². The Morgan fingerprint density at radius 3 is 2.48 bits per heavy atom. The van der Waals surface area contributed by atoms with Crippen LogP contribution in [0.5, 0.6) is 0 Å². The Bertz CT molecular complexity index is 596. The molecule has 21 heavy (non-hydrogen) atoms. The van der Waals surface area contributed by atoms with Crippen molar-refractivity contribution in [1.82, 2.24) is 9.21 Å². The van der Waals surface area contributed by atoms with Crippen molar-refractivity contribution in [3.63, 3.8) is 0 Å². The first-order chi connectivity index (χ1) is 9.86. The molecule has 0 aliphatic carbocycles. The van der Waals surface area contributed by atoms with E-state index in [1.54, 1.807) is 14.0 Å². The van der Waals surface area contributed by atoms with Gasteiger partial charge in [0.05, 0.1) is 4.90 Å². The molecule has 118 valence electrons. The van der Waals surface area contributed by atoms with Crippen molar-refractivity contribution in [3.05, 3.63) is 29.6 Å². The van der Waals surface area contributed by atoms with Gasteiger partial charge in [0, 0.05) is 13.1 Å². The molecule has 0 aromatic heterocycles. The minimum absolute atomic E-state index is 0.0160. The fourth-order valence-corrected chi connectivity index (χ4v) is 4.47. The van der Waals surface area contributed by atoms with Gasteiger partial charge in [0.1, 0.15) is 5.82 Å². The number of halogens is 1. The van der Waals surface area contributed by atoms with E-state index < -0.39 is 15.8 Å². The number of nitrogens with zero attached hydrogens (tertiary/aromatic N) is 2. The Morgan fingerprint density at radius 2 is 1.95 bits per heavy atom. The molecule has 0 radical (unpaired) electrons. The van der Waals surface area contributed by atoms with E-state index in [0.717, 1.165) is 32.5 Å². The van der Waals surface area contributed by atoms with Gasteiger partial charge in [-0.25, -0.2) is 12.8 Å². The first-order valence-corrected chi connectivity index (χ1v) is 8.76. The van der Waals surface area contributed by atoms with Crippen LogP contribution in [0.1, 0.15) is 25.3 Å². The molecule has 1 aromatic rings. The topological polar surface area (TPSA) is 40.6 Å². The van der Waals surface area contributed by atoms with E-state index in [2.05, 4.69) is 11.8 Å². The van der Waals surface area contributed by atoms with E-state index >= 15 is 0 Å². The number of rotatable bonds is 4. The summed E-state index contributed by atoms with van der Waals surface area (Å²) in [5.41, 5.74) is 0.452. The molecule has 2 rings (SSSR count). The predicted octanol–water partition coefficient (Wildman–Crippen LogP) is 2.24. The fourth-order valence-electron chi connectivity index (χ4n) is 2.85. The highest BCUT2D eigenvalue weighted by Gasteiger charge is 2.31. The molecule has 0 N–H and O–H groups in total. The second kappa shape index (κ2) is 6.42. The van der Waals surface area contributed by atoms with E-state index in [9.17, 15) is 12.8 Å². The molecule has 1 heterocycles. The van der Waals surface area contributed by atoms with E-state index in [1.807, 2.05) is 0 Å². The zero-order chi connectivity index (χ0) is 15.6. The van der Waals surface area contributed by atoms with Gasteiger partial charge in [0.25, 0.3) is 0 Å². The summed E-state index contributed by atoms with van der Waals surface area (Å²) in [5.74, 6) is -0.412. The molecule has 1 fully saturated rings. The Hall–Kier alpha value is -0.980. The van der Waals surface area contributed by atoms with Crippen LogP contribution in [-0.4, -0.2) is 50.3 Å². The largest absolute Gasteiger partial charge is 0.303 e. The van der Waals surface area contributed by atoms with Gasteiger partial charge < -0.3 is 4.90 Å². The van der Waals surface area contributed by atoms with Gasteiger partial charge in [0.15, 0.2) is 0 Å². The summed E-state index contributed by atoms with van der Waals surface area (Å²) in [7, 11) is -1.93. The van der Waals surface area contributed by atoms with Crippen molar-refractivity contribution in [3.8, 4) is 0 Å². The molecular weight excluding hydrogens is 291 g/mol. The number of likely N-dealkylation sites (tertiary alicyclic amines) is 1. The monoisotopic (exact) mass is 314 g/mol. The van der Waals surface area contributed by atoms with Gasteiger partial charge in [0.2, 0.25) is 10.0 Å². The van der Waals surface area contributed by atoms with Crippen molar-refractivity contribution in [2.24, 2.45) is 0 Å². The fraction of sp³-hybridized carbons (Fsp3) is 0.600. The maximum atomic E-state index is 13.2. The normalized spacial score (nSPS) is 18.3. The van der Waals surface area contributed by atoms with Crippen molar-refractivity contribution >= 4 is 10.0 Å². The van der Waals surface area contributed by atoms with E-state index in [1.165, 1.54) is 22.5 Å². The molecule has 1 saturated heterocycles. The van der Waals surface area contributed by atoms with Crippen LogP contribution in [0.4, 0.5) is 4.39 Å². The smallest absolute Gasteiger partial charge is 0.243 e. The quantitative estimate of drug-likeness (QED) is 0.856. The third-order valence-corrected chi connectivity index (χ3v) is 6.38. The summed E-state index contributed by atoms with van der Waals surface area (Å²) in [4.78, 5) is 2.52. The molecule has 0 spiro atoms. The van der Waals surface area contributed by atoms with Gasteiger partial charge in [-0.05, 0) is 63.2 Å². The molecular formula is C15H23FN2O2S. The summed E-state index contributed by atoms with van der Waals surface area (Å²) in [5, 5.41) is 0. The van der Waals surface area contributed by atoms with E-state index in [-0.39, 0.29) is 10.9 Å². The van der Waals surface area contributed by atoms with Crippen molar-refractivity contribution < 1.29 is 12.8 Å². The maximum absolute atomic E-state index is 13.2. The van der Waals surface area contributed by atoms with E-state index in [4.69, 9.17) is 0 Å². The highest BCUT2D eigenvalue weighted by atomic mass is 32.2. The lowest BCUT2D eigenvalue weighted by Crippen LogP contribution is -2.45. The van der Waals surface area contributed by atoms with Crippen LogP contribution < -0.4 is 0 Å². The Labute approximate surface area is 126 Å². The molecule has 6 heteroatoms. The average molecular weight is 314 g/mol. The molecule has 0 unspecified atom stereocenters. The van der Waals surface area contributed by atoms with Crippen LogP contribution in [0.3, 0.4) is 0 Å². The molecule has 4 nitrogen and oxygen atoms in total. The number of aryl methyl sites for hydroxylation is 1. The first-order valence-electron chi connectivity index (χ1n) is 7.32. The van der Waals surface area contributed by atoms with Gasteiger partial charge in [-0.2, -0.15) is 4.31 Å². The standard InChI is InChI=1S/C15H23FN2O2S/c1-4-18-9-7-14(8-10-18)17(3)21(19,20)15-6-5-13(16)11-12(15)2/h5-6,11,14H,4,7-10H2,1-3H3. The number of hydrogen-bond donors (Lipinski definition) is 0. The predicted molar refractivity (Wildman–Crippen MR) is 81.2 cm³/mol. The lowest BCUT2D eigenvalue weighted by atomic mass is 10.1. The molecule has 0 atom stereocenters. The van der Waals surface area contributed by atoms with Crippen LogP contribution in [-0.2, 0) is 10.0 Å². The van der Waals surface area contributed by atoms with Crippen LogP contribution >= 0.6 is 0 Å². The van der Waals surface area contributed by atoms with Crippen molar-refractivity contribution in [1.29, 1.82) is 0 Å². The molecule has 0 saturated carbocycles. The average Bonchev–Trinajstić information content (AvgIpc) is 2.46. The number of hydrogen-bond acceptors (Lipinski definition) is 3. The Kier molecular flexibility index (Phi) is 5.01. The maximum Gasteiger partial charge on any atom is 0.243 e. The Morgan fingerprint density at radius 1 is 1.33 bits per heavy atom. The van der Waals surface area contributed by atoms with Gasteiger partial charge in [-0.15, -0.1) is 0 Å². The summed E-state index contributed by atoms with van der Waals surface area (Å²) in [6, 6.07) is 3.84. The number of benzene rings is 1. The summed E-state index contributed by atoms with van der Waals surface area (Å²) in [6.45, 7) is 6.58. The van der Waals surface area contributed by atoms with Gasteiger partial charge in [-0.3, -0.25) is 0 Å². The summed E-state index contributed by atoms with van der Waals surface area (Å²) >= 11 is 0. The molecule has 1 aliphatic rings. The highest BCUT2D eigenvalue weighted by Crippen LogP contribution is 2.25. The zero-order valence-corrected chi connectivity index (χ0v) is 13.7. The molecule has 0 amide bonds. The minimum atomic E-state index is -3.56. The second-order valence-electron chi connectivity index (χ2n) is 5.60. The Balaban J connectivity index is 2.19. The third-order valence-electron chi connectivity index (χ3n) is 4.31. The van der Waals surface area contributed by atoms with Crippen molar-refractivity contribution in [2.75, 3.05) is 26.7 Å².